The van der Waals surface area contributed by atoms with Gasteiger partial charge in [0.1, 0.15) is 6.61 Å². The van der Waals surface area contributed by atoms with Gasteiger partial charge in [-0.05, 0) is 18.8 Å². The fourth-order valence-electron chi connectivity index (χ4n) is 2.31. The number of carbonyl (C=O) groups is 1. The molecule has 1 N–H and O–H groups in total. The first-order valence-corrected chi connectivity index (χ1v) is 9.07. The quantitative estimate of drug-likeness (QED) is 0.359. The summed E-state index contributed by atoms with van der Waals surface area (Å²) in [5, 5.41) is 9.26. The lowest BCUT2D eigenvalue weighted by Crippen LogP contribution is -2.18. The smallest absolute Gasteiger partial charge is 0.434 e. The largest absolute Gasteiger partial charge is 0.508 e. The van der Waals surface area contributed by atoms with Crippen molar-refractivity contribution in [1.29, 1.82) is 0 Å². The summed E-state index contributed by atoms with van der Waals surface area (Å²) in [4.78, 5) is 11.2. The van der Waals surface area contributed by atoms with E-state index < -0.39 is 12.3 Å². The maximum atomic E-state index is 11.2. The average molecular weight is 316 g/mol. The van der Waals surface area contributed by atoms with E-state index in [-0.39, 0.29) is 6.61 Å². The van der Waals surface area contributed by atoms with Gasteiger partial charge in [-0.1, -0.05) is 72.1 Å². The van der Waals surface area contributed by atoms with E-state index in [1.807, 2.05) is 6.92 Å². The van der Waals surface area contributed by atoms with Crippen molar-refractivity contribution in [3.63, 3.8) is 0 Å². The van der Waals surface area contributed by atoms with Gasteiger partial charge in [0.25, 0.3) is 0 Å². The van der Waals surface area contributed by atoms with E-state index in [4.69, 9.17) is 9.47 Å². The molecule has 0 aromatic rings. The second-order valence-corrected chi connectivity index (χ2v) is 6.28. The Bertz CT molecular complexity index is 255. The van der Waals surface area contributed by atoms with Crippen LogP contribution in [0.5, 0.6) is 0 Å². The van der Waals surface area contributed by atoms with Crippen LogP contribution in [0, 0.1) is 5.92 Å². The van der Waals surface area contributed by atoms with Crippen molar-refractivity contribution in [2.75, 3.05) is 13.2 Å². The first-order chi connectivity index (χ1) is 10.6. The zero-order valence-electron chi connectivity index (χ0n) is 14.8. The van der Waals surface area contributed by atoms with Crippen molar-refractivity contribution < 1.29 is 19.4 Å². The van der Waals surface area contributed by atoms with Crippen LogP contribution in [0.4, 0.5) is 4.79 Å². The molecule has 0 amide bonds. The molecule has 0 rings (SSSR count). The molecule has 0 aliphatic carbocycles. The minimum absolute atomic E-state index is 0.0187. The molecule has 0 heterocycles. The average Bonchev–Trinajstić information content (AvgIpc) is 2.52. The molecule has 132 valence electrons. The van der Waals surface area contributed by atoms with Gasteiger partial charge in [-0.3, -0.25) is 0 Å². The highest BCUT2D eigenvalue weighted by Gasteiger charge is 2.08. The summed E-state index contributed by atoms with van der Waals surface area (Å²) in [6.07, 6.45) is 10.5. The van der Waals surface area contributed by atoms with Crippen LogP contribution in [0.25, 0.3) is 0 Å². The van der Waals surface area contributed by atoms with Crippen molar-refractivity contribution >= 4 is 6.16 Å². The standard InChI is InChI=1S/C18H36O4/c1-4-6-7-9-12-16(3)13-10-8-11-14-21-18(20)22-15-17(19)5-2/h16-17,19H,4-15H2,1-3H3. The molecule has 0 aromatic carbocycles. The van der Waals surface area contributed by atoms with Crippen LogP contribution in [-0.2, 0) is 9.47 Å². The first kappa shape index (κ1) is 21.2. The lowest BCUT2D eigenvalue weighted by molar-refractivity contribution is 0.0174. The highest BCUT2D eigenvalue weighted by molar-refractivity contribution is 5.59. The number of unbranched alkanes of at least 4 members (excludes halogenated alkanes) is 5. The van der Waals surface area contributed by atoms with Gasteiger partial charge >= 0.3 is 6.16 Å². The molecule has 0 aliphatic heterocycles. The third kappa shape index (κ3) is 14.2. The van der Waals surface area contributed by atoms with E-state index >= 15 is 0 Å². The maximum absolute atomic E-state index is 11.2. The van der Waals surface area contributed by atoms with Gasteiger partial charge in [0.05, 0.1) is 12.7 Å². The predicted molar refractivity (Wildman–Crippen MR) is 90.0 cm³/mol. The van der Waals surface area contributed by atoms with E-state index in [9.17, 15) is 9.90 Å². The van der Waals surface area contributed by atoms with Crippen LogP contribution in [0.1, 0.15) is 85.0 Å². The van der Waals surface area contributed by atoms with Gasteiger partial charge in [0, 0.05) is 0 Å². The summed E-state index contributed by atoms with van der Waals surface area (Å²) in [7, 11) is 0. The molecule has 2 atom stereocenters. The Morgan fingerprint density at radius 2 is 1.59 bits per heavy atom. The van der Waals surface area contributed by atoms with Crippen molar-refractivity contribution in [1.82, 2.24) is 0 Å². The molecule has 0 saturated heterocycles. The zero-order valence-corrected chi connectivity index (χ0v) is 14.8. The molecular weight excluding hydrogens is 280 g/mol. The highest BCUT2D eigenvalue weighted by Crippen LogP contribution is 2.17. The predicted octanol–water partition coefficient (Wildman–Crippen LogP) is 5.08. The third-order valence-corrected chi connectivity index (χ3v) is 3.98. The molecule has 0 aromatic heterocycles. The summed E-state index contributed by atoms with van der Waals surface area (Å²) >= 11 is 0. The number of aliphatic hydroxyl groups is 1. The normalized spacial score (nSPS) is 13.6. The molecule has 0 radical (unpaired) electrons. The number of hydrogen-bond acceptors (Lipinski definition) is 4. The van der Waals surface area contributed by atoms with Crippen molar-refractivity contribution in [2.24, 2.45) is 5.92 Å². The van der Waals surface area contributed by atoms with Gasteiger partial charge in [-0.25, -0.2) is 4.79 Å². The fraction of sp³-hybridized carbons (Fsp3) is 0.944. The van der Waals surface area contributed by atoms with Gasteiger partial charge < -0.3 is 14.6 Å². The van der Waals surface area contributed by atoms with E-state index in [0.717, 1.165) is 18.8 Å². The maximum Gasteiger partial charge on any atom is 0.508 e. The molecule has 0 fully saturated rings. The number of ether oxygens (including phenoxy) is 2. The van der Waals surface area contributed by atoms with Crippen molar-refractivity contribution in [3.8, 4) is 0 Å². The summed E-state index contributed by atoms with van der Waals surface area (Å²) in [6.45, 7) is 6.84. The molecule has 22 heavy (non-hydrogen) atoms. The van der Waals surface area contributed by atoms with Crippen molar-refractivity contribution in [2.45, 2.75) is 91.1 Å². The first-order valence-electron chi connectivity index (χ1n) is 9.07. The molecule has 0 spiro atoms. The summed E-state index contributed by atoms with van der Waals surface area (Å²) in [5.41, 5.74) is 0. The van der Waals surface area contributed by atoms with Gasteiger partial charge in [0.2, 0.25) is 0 Å². The van der Waals surface area contributed by atoms with E-state index in [0.29, 0.717) is 13.0 Å². The van der Waals surface area contributed by atoms with Crippen LogP contribution in [0.3, 0.4) is 0 Å². The third-order valence-electron chi connectivity index (χ3n) is 3.98. The van der Waals surface area contributed by atoms with Crippen LogP contribution in [0.2, 0.25) is 0 Å². The SMILES string of the molecule is CCCCCCC(C)CCCCCOC(=O)OCC(O)CC. The van der Waals surface area contributed by atoms with Crippen molar-refractivity contribution in [3.05, 3.63) is 0 Å². The minimum Gasteiger partial charge on any atom is -0.434 e. The fourth-order valence-corrected chi connectivity index (χ4v) is 2.31. The van der Waals surface area contributed by atoms with E-state index in [1.165, 1.54) is 44.9 Å². The van der Waals surface area contributed by atoms with Crippen LogP contribution < -0.4 is 0 Å². The highest BCUT2D eigenvalue weighted by atomic mass is 16.7. The molecule has 0 aliphatic rings. The Hall–Kier alpha value is -0.770. The van der Waals surface area contributed by atoms with E-state index in [1.54, 1.807) is 0 Å². The number of aliphatic hydroxyl groups excluding tert-OH is 1. The van der Waals surface area contributed by atoms with Gasteiger partial charge in [0.15, 0.2) is 0 Å². The van der Waals surface area contributed by atoms with E-state index in [2.05, 4.69) is 13.8 Å². The lowest BCUT2D eigenvalue weighted by atomic mass is 9.97. The second kappa shape index (κ2) is 15.1. The molecule has 0 bridgehead atoms. The Morgan fingerprint density at radius 3 is 2.18 bits per heavy atom. The Kier molecular flexibility index (Phi) is 14.6. The topological polar surface area (TPSA) is 55.8 Å². The monoisotopic (exact) mass is 316 g/mol. The summed E-state index contributed by atoms with van der Waals surface area (Å²) in [5.74, 6) is 0.804. The van der Waals surface area contributed by atoms with Crippen LogP contribution >= 0.6 is 0 Å². The minimum atomic E-state index is -0.670. The lowest BCUT2D eigenvalue weighted by Gasteiger charge is -2.11. The molecule has 4 heteroatoms. The molecule has 0 saturated carbocycles. The Labute approximate surface area is 136 Å². The number of carbonyl (C=O) groups excluding carboxylic acids is 1. The summed E-state index contributed by atoms with van der Waals surface area (Å²) < 4.78 is 9.76. The van der Waals surface area contributed by atoms with Gasteiger partial charge in [-0.2, -0.15) is 0 Å². The molecular formula is C18H36O4. The Balaban J connectivity index is 3.33. The second-order valence-electron chi connectivity index (χ2n) is 6.28. The zero-order chi connectivity index (χ0) is 16.6. The van der Waals surface area contributed by atoms with Crippen LogP contribution in [-0.4, -0.2) is 30.6 Å². The van der Waals surface area contributed by atoms with Crippen LogP contribution in [0.15, 0.2) is 0 Å². The number of rotatable bonds is 14. The van der Waals surface area contributed by atoms with Gasteiger partial charge in [-0.15, -0.1) is 0 Å². The molecule has 2 unspecified atom stereocenters. The number of hydrogen-bond donors (Lipinski definition) is 1. The summed E-state index contributed by atoms with van der Waals surface area (Å²) in [6, 6.07) is 0. The molecule has 4 nitrogen and oxygen atoms in total. The Morgan fingerprint density at radius 1 is 0.955 bits per heavy atom.